The Bertz CT molecular complexity index is 720. The summed E-state index contributed by atoms with van der Waals surface area (Å²) in [5.74, 6) is 1.25. The van der Waals surface area contributed by atoms with E-state index in [0.717, 1.165) is 12.8 Å². The van der Waals surface area contributed by atoms with Crippen LogP contribution in [-0.2, 0) is 16.0 Å². The van der Waals surface area contributed by atoms with Crippen LogP contribution in [0.3, 0.4) is 0 Å². The number of piperidine rings is 1. The van der Waals surface area contributed by atoms with Crippen molar-refractivity contribution < 1.29 is 18.4 Å². The monoisotopic (exact) mass is 331 g/mol. The number of nitrogens with one attached hydrogen (secondary N) is 1. The molecule has 0 aromatic carbocycles. The minimum atomic E-state index is -0.395. The van der Waals surface area contributed by atoms with E-state index in [1.807, 2.05) is 0 Å². The van der Waals surface area contributed by atoms with Crippen LogP contribution in [0, 0.1) is 6.92 Å². The first-order chi connectivity index (χ1) is 11.6. The lowest BCUT2D eigenvalue weighted by molar-refractivity contribution is -0.141. The third kappa shape index (κ3) is 3.20. The zero-order valence-corrected chi connectivity index (χ0v) is 13.9. The summed E-state index contributed by atoms with van der Waals surface area (Å²) in [6, 6.07) is 3.11. The largest absolute Gasteiger partial charge is 0.459 e. The molecule has 3 rings (SSSR count). The van der Waals surface area contributed by atoms with Crippen LogP contribution in [0.15, 0.2) is 27.2 Å². The van der Waals surface area contributed by atoms with Gasteiger partial charge in [-0.2, -0.15) is 0 Å². The van der Waals surface area contributed by atoms with E-state index in [4.69, 9.17) is 8.83 Å². The van der Waals surface area contributed by atoms with E-state index in [2.05, 4.69) is 10.3 Å². The summed E-state index contributed by atoms with van der Waals surface area (Å²) >= 11 is 0. The molecule has 1 fully saturated rings. The molecule has 2 amide bonds. The lowest BCUT2D eigenvalue weighted by atomic mass is 10.0. The Morgan fingerprint density at radius 2 is 2.25 bits per heavy atom. The van der Waals surface area contributed by atoms with Gasteiger partial charge in [-0.1, -0.05) is 0 Å². The molecule has 1 saturated heterocycles. The summed E-state index contributed by atoms with van der Waals surface area (Å²) in [6.45, 7) is 2.37. The predicted octanol–water partition coefficient (Wildman–Crippen LogP) is 1.91. The number of aryl methyl sites for hydroxylation is 1. The molecule has 0 aliphatic carbocycles. The van der Waals surface area contributed by atoms with E-state index in [9.17, 15) is 9.59 Å². The van der Waals surface area contributed by atoms with Gasteiger partial charge in [0.2, 0.25) is 11.8 Å². The molecule has 7 heteroatoms. The van der Waals surface area contributed by atoms with Gasteiger partial charge in [-0.25, -0.2) is 4.98 Å². The van der Waals surface area contributed by atoms with Gasteiger partial charge in [0.25, 0.3) is 5.89 Å². The van der Waals surface area contributed by atoms with Crippen molar-refractivity contribution in [1.82, 2.24) is 15.2 Å². The van der Waals surface area contributed by atoms with Gasteiger partial charge in [-0.05, 0) is 38.3 Å². The summed E-state index contributed by atoms with van der Waals surface area (Å²) in [6.07, 6.45) is 4.22. The second-order valence-corrected chi connectivity index (χ2v) is 5.89. The van der Waals surface area contributed by atoms with E-state index in [0.29, 0.717) is 36.1 Å². The van der Waals surface area contributed by atoms with Crippen molar-refractivity contribution in [2.75, 3.05) is 13.6 Å². The SMILES string of the molecule is CNC(=O)C1CCCCN1C(=O)Cc1nc(-c2ccco2)oc1C. The number of likely N-dealkylation sites (tertiary alicyclic amines) is 1. The Hall–Kier alpha value is -2.57. The third-order valence-corrected chi connectivity index (χ3v) is 4.32. The van der Waals surface area contributed by atoms with Crippen molar-refractivity contribution in [3.05, 3.63) is 29.9 Å². The molecular weight excluding hydrogens is 310 g/mol. The molecule has 0 radical (unpaired) electrons. The Labute approximate surface area is 140 Å². The lowest BCUT2D eigenvalue weighted by Crippen LogP contribution is -2.51. The number of rotatable bonds is 4. The van der Waals surface area contributed by atoms with Gasteiger partial charge in [0.15, 0.2) is 5.76 Å². The first kappa shape index (κ1) is 16.3. The number of carbonyl (C=O) groups is 2. The Kier molecular flexibility index (Phi) is 4.69. The topological polar surface area (TPSA) is 88.6 Å². The molecule has 2 aromatic heterocycles. The van der Waals surface area contributed by atoms with Gasteiger partial charge in [-0.15, -0.1) is 0 Å². The first-order valence-corrected chi connectivity index (χ1v) is 8.11. The van der Waals surface area contributed by atoms with Crippen molar-refractivity contribution in [3.63, 3.8) is 0 Å². The number of furan rings is 1. The smallest absolute Gasteiger partial charge is 0.263 e. The third-order valence-electron chi connectivity index (χ3n) is 4.32. The van der Waals surface area contributed by atoms with Gasteiger partial charge >= 0.3 is 0 Å². The highest BCUT2D eigenvalue weighted by molar-refractivity contribution is 5.88. The van der Waals surface area contributed by atoms with Gasteiger partial charge in [0.1, 0.15) is 11.8 Å². The normalized spacial score (nSPS) is 17.8. The van der Waals surface area contributed by atoms with Crippen LogP contribution < -0.4 is 5.32 Å². The molecule has 1 aliphatic heterocycles. The highest BCUT2D eigenvalue weighted by Gasteiger charge is 2.32. The number of oxazole rings is 1. The molecule has 0 bridgehead atoms. The Morgan fingerprint density at radius 3 is 2.96 bits per heavy atom. The van der Waals surface area contributed by atoms with Crippen LogP contribution in [0.2, 0.25) is 0 Å². The molecule has 24 heavy (non-hydrogen) atoms. The van der Waals surface area contributed by atoms with Crippen molar-refractivity contribution in [2.45, 2.75) is 38.6 Å². The number of nitrogens with zero attached hydrogens (tertiary/aromatic N) is 2. The van der Waals surface area contributed by atoms with E-state index in [1.165, 1.54) is 0 Å². The number of hydrogen-bond donors (Lipinski definition) is 1. The highest BCUT2D eigenvalue weighted by atomic mass is 16.4. The summed E-state index contributed by atoms with van der Waals surface area (Å²) in [5.41, 5.74) is 0.577. The summed E-state index contributed by atoms with van der Waals surface area (Å²) in [7, 11) is 1.59. The Morgan fingerprint density at radius 1 is 1.42 bits per heavy atom. The van der Waals surface area contributed by atoms with E-state index < -0.39 is 6.04 Å². The molecule has 1 aliphatic rings. The standard InChI is InChI=1S/C17H21N3O4/c1-11-12(19-17(24-11)14-7-5-9-23-14)10-15(21)20-8-4-3-6-13(20)16(22)18-2/h5,7,9,13H,3-4,6,8,10H2,1-2H3,(H,18,22). The Balaban J connectivity index is 1.75. The lowest BCUT2D eigenvalue weighted by Gasteiger charge is -2.34. The number of aromatic nitrogens is 1. The van der Waals surface area contributed by atoms with Crippen molar-refractivity contribution in [3.8, 4) is 11.7 Å². The molecule has 3 heterocycles. The second kappa shape index (κ2) is 6.90. The summed E-state index contributed by atoms with van der Waals surface area (Å²) in [4.78, 5) is 30.7. The zero-order valence-electron chi connectivity index (χ0n) is 13.9. The van der Waals surface area contributed by atoms with Crippen molar-refractivity contribution in [1.29, 1.82) is 0 Å². The average molecular weight is 331 g/mol. The van der Waals surface area contributed by atoms with Gasteiger partial charge in [-0.3, -0.25) is 9.59 Å². The minimum absolute atomic E-state index is 0.106. The minimum Gasteiger partial charge on any atom is -0.459 e. The van der Waals surface area contributed by atoms with Crippen LogP contribution in [0.4, 0.5) is 0 Å². The number of amides is 2. The molecular formula is C17H21N3O4. The molecule has 0 spiro atoms. The van der Waals surface area contributed by atoms with Crippen LogP contribution in [0.5, 0.6) is 0 Å². The first-order valence-electron chi connectivity index (χ1n) is 8.11. The number of hydrogen-bond acceptors (Lipinski definition) is 5. The number of carbonyl (C=O) groups excluding carboxylic acids is 2. The van der Waals surface area contributed by atoms with E-state index in [1.54, 1.807) is 37.3 Å². The van der Waals surface area contributed by atoms with Crippen molar-refractivity contribution in [2.24, 2.45) is 0 Å². The number of likely N-dealkylation sites (N-methyl/N-ethyl adjacent to an activating group) is 1. The maximum atomic E-state index is 12.7. The fraction of sp³-hybridized carbons (Fsp3) is 0.471. The van der Waals surface area contributed by atoms with Gasteiger partial charge in [0.05, 0.1) is 18.4 Å². The maximum absolute atomic E-state index is 12.7. The molecule has 128 valence electrons. The zero-order chi connectivity index (χ0) is 17.1. The van der Waals surface area contributed by atoms with Crippen LogP contribution >= 0.6 is 0 Å². The molecule has 0 saturated carbocycles. The highest BCUT2D eigenvalue weighted by Crippen LogP contribution is 2.24. The molecule has 1 atom stereocenters. The molecule has 1 N–H and O–H groups in total. The fourth-order valence-corrected chi connectivity index (χ4v) is 3.01. The summed E-state index contributed by atoms with van der Waals surface area (Å²) < 4.78 is 10.9. The molecule has 2 aromatic rings. The average Bonchev–Trinajstić information content (AvgIpc) is 3.24. The van der Waals surface area contributed by atoms with Crippen molar-refractivity contribution >= 4 is 11.8 Å². The van der Waals surface area contributed by atoms with Crippen LogP contribution in [-0.4, -0.2) is 41.3 Å². The second-order valence-electron chi connectivity index (χ2n) is 5.89. The summed E-state index contributed by atoms with van der Waals surface area (Å²) in [5, 5.41) is 2.64. The quantitative estimate of drug-likeness (QED) is 0.924. The molecule has 7 nitrogen and oxygen atoms in total. The van der Waals surface area contributed by atoms with Crippen LogP contribution in [0.25, 0.3) is 11.7 Å². The van der Waals surface area contributed by atoms with Crippen LogP contribution in [0.1, 0.15) is 30.7 Å². The van der Waals surface area contributed by atoms with E-state index >= 15 is 0 Å². The molecule has 1 unspecified atom stereocenters. The van der Waals surface area contributed by atoms with E-state index in [-0.39, 0.29) is 18.2 Å². The van der Waals surface area contributed by atoms with Gasteiger partial charge < -0.3 is 19.1 Å². The maximum Gasteiger partial charge on any atom is 0.263 e. The predicted molar refractivity (Wildman–Crippen MR) is 86.1 cm³/mol. The van der Waals surface area contributed by atoms with Gasteiger partial charge in [0, 0.05) is 13.6 Å². The fourth-order valence-electron chi connectivity index (χ4n) is 3.01.